The summed E-state index contributed by atoms with van der Waals surface area (Å²) in [4.78, 5) is 29.0. The van der Waals surface area contributed by atoms with Gasteiger partial charge >= 0.3 is 0 Å². The summed E-state index contributed by atoms with van der Waals surface area (Å²) in [6.45, 7) is 4.58. The van der Waals surface area contributed by atoms with Gasteiger partial charge in [-0.15, -0.1) is 0 Å². The van der Waals surface area contributed by atoms with E-state index in [1.807, 2.05) is 24.3 Å². The minimum Gasteiger partial charge on any atom is -0.346 e. The van der Waals surface area contributed by atoms with Crippen LogP contribution >= 0.6 is 0 Å². The third kappa shape index (κ3) is 5.89. The van der Waals surface area contributed by atoms with Crippen molar-refractivity contribution in [3.05, 3.63) is 59.9 Å². The summed E-state index contributed by atoms with van der Waals surface area (Å²) in [6, 6.07) is 12.6. The Kier molecular flexibility index (Phi) is 7.14. The van der Waals surface area contributed by atoms with E-state index >= 15 is 0 Å². The number of anilines is 1. The molecule has 2 heterocycles. The Labute approximate surface area is 166 Å². The van der Waals surface area contributed by atoms with Crippen molar-refractivity contribution in [2.45, 2.75) is 32.7 Å². The summed E-state index contributed by atoms with van der Waals surface area (Å²) in [6.07, 6.45) is 4.45. The summed E-state index contributed by atoms with van der Waals surface area (Å²) in [5, 5.41) is 9.14. The molecule has 0 aliphatic carbocycles. The van der Waals surface area contributed by atoms with Gasteiger partial charge in [-0.25, -0.2) is 0 Å². The molecule has 1 fully saturated rings. The lowest BCUT2D eigenvalue weighted by Gasteiger charge is -2.27. The first-order valence-corrected chi connectivity index (χ1v) is 9.90. The third-order valence-electron chi connectivity index (χ3n) is 5.26. The molecule has 0 radical (unpaired) electrons. The molecule has 3 rings (SSSR count). The van der Waals surface area contributed by atoms with Gasteiger partial charge < -0.3 is 16.0 Å². The van der Waals surface area contributed by atoms with Crippen LogP contribution in [-0.4, -0.2) is 29.9 Å². The topological polar surface area (TPSA) is 83.1 Å². The van der Waals surface area contributed by atoms with Crippen molar-refractivity contribution in [3.8, 4) is 0 Å². The number of hydrogen-bond acceptors (Lipinski definition) is 4. The molecule has 0 saturated carbocycles. The second-order valence-electron chi connectivity index (χ2n) is 7.40. The maximum atomic E-state index is 12.4. The fourth-order valence-electron chi connectivity index (χ4n) is 3.60. The Morgan fingerprint density at radius 1 is 1.18 bits per heavy atom. The molecule has 2 aromatic rings. The van der Waals surface area contributed by atoms with Gasteiger partial charge in [-0.3, -0.25) is 14.6 Å². The average Bonchev–Trinajstić information content (AvgIpc) is 2.73. The van der Waals surface area contributed by atoms with E-state index in [1.165, 1.54) is 0 Å². The van der Waals surface area contributed by atoms with Gasteiger partial charge in [0.1, 0.15) is 0 Å². The summed E-state index contributed by atoms with van der Waals surface area (Å²) >= 11 is 0. The molecule has 148 valence electrons. The number of amides is 2. The number of piperidine rings is 1. The Morgan fingerprint density at radius 2 is 2.00 bits per heavy atom. The van der Waals surface area contributed by atoms with Crippen molar-refractivity contribution in [2.24, 2.45) is 11.8 Å². The predicted molar refractivity (Wildman–Crippen MR) is 110 cm³/mol. The van der Waals surface area contributed by atoms with Crippen molar-refractivity contribution in [2.75, 3.05) is 18.4 Å². The van der Waals surface area contributed by atoms with Gasteiger partial charge in [0.2, 0.25) is 5.91 Å². The van der Waals surface area contributed by atoms with Crippen LogP contribution in [0.4, 0.5) is 5.69 Å². The molecule has 1 atom stereocenters. The van der Waals surface area contributed by atoms with Gasteiger partial charge in [0, 0.05) is 23.9 Å². The molecule has 6 nitrogen and oxygen atoms in total. The molecule has 1 aromatic carbocycles. The van der Waals surface area contributed by atoms with Crippen LogP contribution in [0.3, 0.4) is 0 Å². The van der Waals surface area contributed by atoms with Crippen molar-refractivity contribution in [1.29, 1.82) is 0 Å². The van der Waals surface area contributed by atoms with Crippen molar-refractivity contribution < 1.29 is 9.59 Å². The molecule has 1 aliphatic rings. The fourth-order valence-corrected chi connectivity index (χ4v) is 3.60. The van der Waals surface area contributed by atoms with Gasteiger partial charge in [-0.1, -0.05) is 19.1 Å². The fraction of sp³-hybridized carbons (Fsp3) is 0.409. The van der Waals surface area contributed by atoms with E-state index in [0.29, 0.717) is 36.1 Å². The first kappa shape index (κ1) is 20.0. The number of nitrogens with zero attached hydrogens (tertiary/aromatic N) is 1. The number of pyridine rings is 1. The summed E-state index contributed by atoms with van der Waals surface area (Å²) in [5.74, 6) is 0.754. The van der Waals surface area contributed by atoms with Gasteiger partial charge in [-0.2, -0.15) is 0 Å². The molecular formula is C22H28N4O2. The van der Waals surface area contributed by atoms with Crippen molar-refractivity contribution >= 4 is 17.5 Å². The van der Waals surface area contributed by atoms with Crippen LogP contribution < -0.4 is 16.0 Å². The number of benzene rings is 1. The Bertz CT molecular complexity index is 788. The third-order valence-corrected chi connectivity index (χ3v) is 5.26. The van der Waals surface area contributed by atoms with Crippen LogP contribution in [0.2, 0.25) is 0 Å². The highest BCUT2D eigenvalue weighted by atomic mass is 16.2. The van der Waals surface area contributed by atoms with E-state index in [0.717, 1.165) is 31.6 Å². The molecule has 1 saturated heterocycles. The molecule has 6 heteroatoms. The van der Waals surface area contributed by atoms with E-state index in [4.69, 9.17) is 0 Å². The van der Waals surface area contributed by atoms with Gasteiger partial charge in [0.25, 0.3) is 5.91 Å². The molecule has 28 heavy (non-hydrogen) atoms. The standard InChI is InChI=1S/C22H28N4O2/c1-16(17-8-11-23-12-9-17)13-21(27)26-19-7-4-5-18(14-19)22(28)25-15-20-6-2-3-10-24-20/h2-7,10,14,16-17,23H,8-9,11-13,15H2,1H3,(H,25,28)(H,26,27). The van der Waals surface area contributed by atoms with Crippen LogP contribution in [0.25, 0.3) is 0 Å². The van der Waals surface area contributed by atoms with E-state index < -0.39 is 0 Å². The van der Waals surface area contributed by atoms with Crippen LogP contribution in [0.15, 0.2) is 48.7 Å². The number of carbonyl (C=O) groups excluding carboxylic acids is 2. The molecular weight excluding hydrogens is 352 g/mol. The van der Waals surface area contributed by atoms with Crippen LogP contribution in [-0.2, 0) is 11.3 Å². The molecule has 2 amide bonds. The zero-order valence-corrected chi connectivity index (χ0v) is 16.3. The maximum absolute atomic E-state index is 12.4. The van der Waals surface area contributed by atoms with Crippen LogP contribution in [0.1, 0.15) is 42.2 Å². The number of rotatable bonds is 7. The largest absolute Gasteiger partial charge is 0.346 e. The Hall–Kier alpha value is -2.73. The zero-order chi connectivity index (χ0) is 19.8. The predicted octanol–water partition coefficient (Wildman–Crippen LogP) is 2.98. The van der Waals surface area contributed by atoms with Crippen LogP contribution in [0, 0.1) is 11.8 Å². The highest BCUT2D eigenvalue weighted by Gasteiger charge is 2.22. The molecule has 0 bridgehead atoms. The monoisotopic (exact) mass is 380 g/mol. The number of carbonyl (C=O) groups is 2. The maximum Gasteiger partial charge on any atom is 0.251 e. The normalized spacial score (nSPS) is 15.6. The molecule has 1 aromatic heterocycles. The lowest BCUT2D eigenvalue weighted by Crippen LogP contribution is -2.32. The van der Waals surface area contributed by atoms with E-state index in [2.05, 4.69) is 27.9 Å². The lowest BCUT2D eigenvalue weighted by molar-refractivity contribution is -0.117. The molecule has 0 spiro atoms. The van der Waals surface area contributed by atoms with E-state index in [9.17, 15) is 9.59 Å². The van der Waals surface area contributed by atoms with Crippen LogP contribution in [0.5, 0.6) is 0 Å². The summed E-state index contributed by atoms with van der Waals surface area (Å²) in [5.41, 5.74) is 1.96. The lowest BCUT2D eigenvalue weighted by atomic mass is 9.84. The van der Waals surface area contributed by atoms with E-state index in [-0.39, 0.29) is 11.8 Å². The summed E-state index contributed by atoms with van der Waals surface area (Å²) < 4.78 is 0. The van der Waals surface area contributed by atoms with Gasteiger partial charge in [-0.05, 0) is 68.1 Å². The van der Waals surface area contributed by atoms with Crippen molar-refractivity contribution in [3.63, 3.8) is 0 Å². The quantitative estimate of drug-likeness (QED) is 0.690. The summed E-state index contributed by atoms with van der Waals surface area (Å²) in [7, 11) is 0. The van der Waals surface area contributed by atoms with E-state index in [1.54, 1.807) is 24.4 Å². The SMILES string of the molecule is CC(CC(=O)Nc1cccc(C(=O)NCc2ccccn2)c1)C1CCNCC1. The first-order valence-electron chi connectivity index (χ1n) is 9.90. The number of nitrogens with one attached hydrogen (secondary N) is 3. The first-order chi connectivity index (χ1) is 13.6. The van der Waals surface area contributed by atoms with Gasteiger partial charge in [0.05, 0.1) is 12.2 Å². The highest BCUT2D eigenvalue weighted by molar-refractivity contribution is 5.97. The molecule has 1 unspecified atom stereocenters. The average molecular weight is 380 g/mol. The highest BCUT2D eigenvalue weighted by Crippen LogP contribution is 2.24. The van der Waals surface area contributed by atoms with Crippen molar-refractivity contribution in [1.82, 2.24) is 15.6 Å². The number of hydrogen-bond donors (Lipinski definition) is 3. The smallest absolute Gasteiger partial charge is 0.251 e. The van der Waals surface area contributed by atoms with Gasteiger partial charge in [0.15, 0.2) is 0 Å². The number of aromatic nitrogens is 1. The minimum absolute atomic E-state index is 0.00271. The molecule has 1 aliphatic heterocycles. The zero-order valence-electron chi connectivity index (χ0n) is 16.3. The second-order valence-corrected chi connectivity index (χ2v) is 7.40. The minimum atomic E-state index is -0.190. The second kappa shape index (κ2) is 9.99. The Balaban J connectivity index is 1.52. The molecule has 3 N–H and O–H groups in total. The Morgan fingerprint density at radius 3 is 2.75 bits per heavy atom.